The predicted octanol–water partition coefficient (Wildman–Crippen LogP) is 1.76. The average molecular weight is 203 g/mol. The van der Waals surface area contributed by atoms with Crippen LogP contribution in [0.2, 0.25) is 5.02 Å². The summed E-state index contributed by atoms with van der Waals surface area (Å²) in [6.45, 7) is 0. The molecule has 1 aromatic carbocycles. The van der Waals surface area contributed by atoms with Crippen LogP contribution >= 0.6 is 23.3 Å². The summed E-state index contributed by atoms with van der Waals surface area (Å²) in [5, 5.41) is 18.7. The van der Waals surface area contributed by atoms with E-state index >= 15 is 0 Å². The Morgan fingerprint density at radius 3 is 2.67 bits per heavy atom. The average Bonchev–Trinajstić information content (AvgIpc) is 2.48. The predicted molar refractivity (Wildman–Crippen MR) is 45.8 cm³/mol. The van der Waals surface area contributed by atoms with Crippen LogP contribution in [0.25, 0.3) is 11.0 Å². The maximum Gasteiger partial charge on any atom is 0.163 e. The first kappa shape index (κ1) is 7.57. The molecule has 0 unspecified atom stereocenters. The Labute approximate surface area is 76.4 Å². The number of rotatable bonds is 0. The standard InChI is InChI=1S/C6H3ClN2O2S/c7-2-1-3(10)4-5(6(2)11)9-12-8-4/h1,10-11H. The summed E-state index contributed by atoms with van der Waals surface area (Å²) in [7, 11) is 0. The summed E-state index contributed by atoms with van der Waals surface area (Å²) in [4.78, 5) is 0. The van der Waals surface area contributed by atoms with Crippen molar-refractivity contribution in [3.63, 3.8) is 0 Å². The molecule has 0 bridgehead atoms. The Balaban J connectivity index is 2.97. The van der Waals surface area contributed by atoms with Crippen LogP contribution in [0.3, 0.4) is 0 Å². The minimum Gasteiger partial charge on any atom is -0.506 e. The molecule has 1 aromatic heterocycles. The second-order valence-electron chi connectivity index (χ2n) is 2.19. The normalized spacial score (nSPS) is 10.8. The molecule has 0 amide bonds. The molecule has 0 radical (unpaired) electrons. The Bertz CT molecular complexity index is 442. The van der Waals surface area contributed by atoms with Gasteiger partial charge in [-0.3, -0.25) is 0 Å². The van der Waals surface area contributed by atoms with E-state index in [2.05, 4.69) is 8.75 Å². The van der Waals surface area contributed by atoms with E-state index in [4.69, 9.17) is 11.6 Å². The van der Waals surface area contributed by atoms with Crippen molar-refractivity contribution in [2.75, 3.05) is 0 Å². The molecule has 0 aliphatic rings. The van der Waals surface area contributed by atoms with Crippen LogP contribution < -0.4 is 0 Å². The van der Waals surface area contributed by atoms with Crippen LogP contribution in [0, 0.1) is 0 Å². The SMILES string of the molecule is Oc1cc(Cl)c(O)c2nsnc12. The molecule has 0 spiro atoms. The maximum atomic E-state index is 9.33. The number of phenols is 2. The summed E-state index contributed by atoms with van der Waals surface area (Å²) in [6.07, 6.45) is 0. The fourth-order valence-corrected chi connectivity index (χ4v) is 1.63. The maximum absolute atomic E-state index is 9.33. The van der Waals surface area contributed by atoms with Gasteiger partial charge in [0.25, 0.3) is 0 Å². The van der Waals surface area contributed by atoms with E-state index in [0.717, 1.165) is 11.7 Å². The van der Waals surface area contributed by atoms with Crippen LogP contribution in [0.5, 0.6) is 11.5 Å². The number of aromatic nitrogens is 2. The van der Waals surface area contributed by atoms with Crippen molar-refractivity contribution < 1.29 is 10.2 Å². The lowest BCUT2D eigenvalue weighted by molar-refractivity contribution is 0.468. The second-order valence-corrected chi connectivity index (χ2v) is 3.12. The monoisotopic (exact) mass is 202 g/mol. The molecule has 0 fully saturated rings. The smallest absolute Gasteiger partial charge is 0.163 e. The number of benzene rings is 1. The van der Waals surface area contributed by atoms with Gasteiger partial charge in [0.1, 0.15) is 11.3 Å². The van der Waals surface area contributed by atoms with Crippen molar-refractivity contribution in [1.82, 2.24) is 8.75 Å². The highest BCUT2D eigenvalue weighted by molar-refractivity contribution is 7.00. The summed E-state index contributed by atoms with van der Waals surface area (Å²) >= 11 is 6.49. The second kappa shape index (κ2) is 2.46. The molecular weight excluding hydrogens is 200 g/mol. The van der Waals surface area contributed by atoms with Crippen LogP contribution in [-0.2, 0) is 0 Å². The molecule has 12 heavy (non-hydrogen) atoms. The summed E-state index contributed by atoms with van der Waals surface area (Å²) < 4.78 is 7.56. The lowest BCUT2D eigenvalue weighted by atomic mass is 10.3. The Kier molecular flexibility index (Phi) is 1.55. The zero-order chi connectivity index (χ0) is 8.72. The Morgan fingerprint density at radius 1 is 1.25 bits per heavy atom. The molecular formula is C6H3ClN2O2S. The summed E-state index contributed by atoms with van der Waals surface area (Å²) in [5.74, 6) is -0.209. The molecule has 62 valence electrons. The van der Waals surface area contributed by atoms with E-state index in [1.54, 1.807) is 0 Å². The molecule has 0 saturated carbocycles. The van der Waals surface area contributed by atoms with E-state index in [1.807, 2.05) is 0 Å². The van der Waals surface area contributed by atoms with Crippen LogP contribution in [-0.4, -0.2) is 19.0 Å². The summed E-state index contributed by atoms with van der Waals surface area (Å²) in [6, 6.07) is 1.24. The molecule has 2 N–H and O–H groups in total. The van der Waals surface area contributed by atoms with E-state index in [1.165, 1.54) is 6.07 Å². The zero-order valence-electron chi connectivity index (χ0n) is 5.65. The number of nitrogens with zero attached hydrogens (tertiary/aromatic N) is 2. The van der Waals surface area contributed by atoms with Gasteiger partial charge in [0, 0.05) is 6.07 Å². The van der Waals surface area contributed by atoms with Gasteiger partial charge in [-0.25, -0.2) is 0 Å². The number of fused-ring (bicyclic) bond motifs is 1. The minimum atomic E-state index is -0.141. The van der Waals surface area contributed by atoms with E-state index in [0.29, 0.717) is 0 Å². The Morgan fingerprint density at radius 2 is 1.92 bits per heavy atom. The lowest BCUT2D eigenvalue weighted by Gasteiger charge is -1.97. The van der Waals surface area contributed by atoms with Crippen molar-refractivity contribution in [1.29, 1.82) is 0 Å². The zero-order valence-corrected chi connectivity index (χ0v) is 7.22. The highest BCUT2D eigenvalue weighted by Crippen LogP contribution is 2.36. The molecule has 0 atom stereocenters. The molecule has 1 heterocycles. The topological polar surface area (TPSA) is 66.2 Å². The first-order valence-electron chi connectivity index (χ1n) is 3.03. The number of hydrogen-bond donors (Lipinski definition) is 2. The van der Waals surface area contributed by atoms with Gasteiger partial charge in [-0.15, -0.1) is 0 Å². The van der Waals surface area contributed by atoms with Crippen molar-refractivity contribution in [3.05, 3.63) is 11.1 Å². The van der Waals surface area contributed by atoms with Gasteiger partial charge >= 0.3 is 0 Å². The van der Waals surface area contributed by atoms with Gasteiger partial charge in [-0.1, -0.05) is 11.6 Å². The van der Waals surface area contributed by atoms with E-state index in [9.17, 15) is 10.2 Å². The minimum absolute atomic E-state index is 0.0680. The molecule has 2 aromatic rings. The molecule has 0 aliphatic carbocycles. The van der Waals surface area contributed by atoms with Crippen LogP contribution in [0.4, 0.5) is 0 Å². The Hall–Kier alpha value is -1.07. The van der Waals surface area contributed by atoms with E-state index < -0.39 is 0 Å². The van der Waals surface area contributed by atoms with Gasteiger partial charge in [0.15, 0.2) is 11.3 Å². The highest BCUT2D eigenvalue weighted by atomic mass is 35.5. The van der Waals surface area contributed by atoms with Gasteiger partial charge in [-0.2, -0.15) is 8.75 Å². The molecule has 6 heteroatoms. The fraction of sp³-hybridized carbons (Fsp3) is 0. The third-order valence-corrected chi connectivity index (χ3v) is 2.26. The quantitative estimate of drug-likeness (QED) is 0.639. The number of halogens is 1. The van der Waals surface area contributed by atoms with Crippen LogP contribution in [0.15, 0.2) is 6.07 Å². The number of phenolic OH excluding ortho intramolecular Hbond substituents is 2. The first-order valence-corrected chi connectivity index (χ1v) is 4.13. The molecule has 0 saturated heterocycles. The van der Waals surface area contributed by atoms with Gasteiger partial charge in [0.2, 0.25) is 0 Å². The van der Waals surface area contributed by atoms with Crippen molar-refractivity contribution in [2.24, 2.45) is 0 Å². The fourth-order valence-electron chi connectivity index (χ4n) is 0.882. The number of aromatic hydroxyl groups is 2. The molecule has 0 aliphatic heterocycles. The van der Waals surface area contributed by atoms with Crippen molar-refractivity contribution in [2.45, 2.75) is 0 Å². The molecule has 4 nitrogen and oxygen atoms in total. The van der Waals surface area contributed by atoms with E-state index in [-0.39, 0.29) is 27.6 Å². The van der Waals surface area contributed by atoms with Crippen LogP contribution in [0.1, 0.15) is 0 Å². The van der Waals surface area contributed by atoms with Gasteiger partial charge in [-0.05, 0) is 0 Å². The molecule has 2 rings (SSSR count). The highest BCUT2D eigenvalue weighted by Gasteiger charge is 2.12. The van der Waals surface area contributed by atoms with Gasteiger partial charge in [0.05, 0.1) is 16.8 Å². The first-order chi connectivity index (χ1) is 5.70. The largest absolute Gasteiger partial charge is 0.506 e. The number of hydrogen-bond acceptors (Lipinski definition) is 5. The van der Waals surface area contributed by atoms with Gasteiger partial charge < -0.3 is 10.2 Å². The van der Waals surface area contributed by atoms with Crippen molar-refractivity contribution in [3.8, 4) is 11.5 Å². The van der Waals surface area contributed by atoms with Crippen molar-refractivity contribution >= 4 is 34.4 Å². The third-order valence-electron chi connectivity index (χ3n) is 1.45. The third kappa shape index (κ3) is 0.904. The lowest BCUT2D eigenvalue weighted by Crippen LogP contribution is -1.75. The summed E-state index contributed by atoms with van der Waals surface area (Å²) in [5.41, 5.74) is 0.520.